The number of rotatable bonds is 7. The Morgan fingerprint density at radius 2 is 2.05 bits per heavy atom. The molecule has 0 spiro atoms. The van der Waals surface area contributed by atoms with Crippen LogP contribution >= 0.6 is 0 Å². The van der Waals surface area contributed by atoms with Crippen molar-refractivity contribution in [3.8, 4) is 17.0 Å². The van der Waals surface area contributed by atoms with E-state index in [0.29, 0.717) is 19.2 Å². The van der Waals surface area contributed by atoms with E-state index in [-0.39, 0.29) is 40.9 Å². The summed E-state index contributed by atoms with van der Waals surface area (Å²) in [5.74, 6) is -0.685. The van der Waals surface area contributed by atoms with Crippen molar-refractivity contribution in [2.75, 3.05) is 25.6 Å². The molecule has 0 aliphatic carbocycles. The van der Waals surface area contributed by atoms with Gasteiger partial charge in [-0.2, -0.15) is 13.2 Å². The molecule has 4 N–H and O–H groups in total. The quantitative estimate of drug-likeness (QED) is 0.387. The second-order valence-electron chi connectivity index (χ2n) is 8.08. The van der Waals surface area contributed by atoms with E-state index in [9.17, 15) is 26.4 Å². The predicted octanol–water partition coefficient (Wildman–Crippen LogP) is 3.57. The number of nitrogens with zero attached hydrogens (tertiary/aromatic N) is 2. The summed E-state index contributed by atoms with van der Waals surface area (Å²) in [4.78, 5) is 19.9. The first-order valence-electron chi connectivity index (χ1n) is 10.9. The molecule has 1 fully saturated rings. The fraction of sp³-hybridized carbons (Fsp3) is 0.364. The van der Waals surface area contributed by atoms with Crippen LogP contribution in [0.1, 0.15) is 37.6 Å². The van der Waals surface area contributed by atoms with Crippen molar-refractivity contribution in [1.29, 1.82) is 5.41 Å². The number of carbonyl (C=O) groups is 1. The zero-order chi connectivity index (χ0) is 27.4. The van der Waals surface area contributed by atoms with Gasteiger partial charge in [0.2, 0.25) is 11.8 Å². The minimum atomic E-state index is -4.79. The van der Waals surface area contributed by atoms with Crippen LogP contribution in [0, 0.1) is 5.41 Å². The second kappa shape index (κ2) is 11.0. The first kappa shape index (κ1) is 27.7. The Bertz CT molecular complexity index is 1320. The minimum Gasteiger partial charge on any atom is -0.481 e. The Balaban J connectivity index is 2.08. The summed E-state index contributed by atoms with van der Waals surface area (Å²) < 4.78 is 78.7. The maximum absolute atomic E-state index is 13.7. The van der Waals surface area contributed by atoms with Crippen LogP contribution in [-0.4, -0.2) is 50.9 Å². The monoisotopic (exact) mass is 542 g/mol. The van der Waals surface area contributed by atoms with Crippen molar-refractivity contribution < 1.29 is 35.9 Å². The number of methoxy groups -OCH3 is 1. The zero-order valence-electron chi connectivity index (χ0n) is 20.1. The van der Waals surface area contributed by atoms with Gasteiger partial charge in [-0.05, 0) is 30.0 Å². The molecular formula is C22H25F3N6O5S. The van der Waals surface area contributed by atoms with Crippen LogP contribution in [0.5, 0.6) is 5.88 Å². The Kier molecular flexibility index (Phi) is 8.25. The number of anilines is 1. The number of urea groups is 1. The van der Waals surface area contributed by atoms with E-state index < -0.39 is 38.7 Å². The van der Waals surface area contributed by atoms with E-state index in [1.165, 1.54) is 25.4 Å². The normalized spacial score (nSPS) is 15.3. The molecule has 200 valence electrons. The van der Waals surface area contributed by atoms with E-state index in [4.69, 9.17) is 14.9 Å². The van der Waals surface area contributed by atoms with Gasteiger partial charge in [0.15, 0.2) is 4.91 Å². The Morgan fingerprint density at radius 3 is 2.62 bits per heavy atom. The van der Waals surface area contributed by atoms with Gasteiger partial charge in [0.05, 0.1) is 25.1 Å². The third-order valence-electron chi connectivity index (χ3n) is 5.10. The molecule has 0 atom stereocenters. The number of allylic oxidation sites excluding steroid dienone is 1. The van der Waals surface area contributed by atoms with Gasteiger partial charge in [-0.3, -0.25) is 0 Å². The lowest BCUT2D eigenvalue weighted by Crippen LogP contribution is -2.38. The molecule has 0 bridgehead atoms. The third kappa shape index (κ3) is 6.47. The number of alkyl halides is 3. The minimum absolute atomic E-state index is 0.0813. The average Bonchev–Trinajstić information content (AvgIpc) is 2.83. The molecule has 0 unspecified atom stereocenters. The number of hydrogen-bond acceptors (Lipinski definition) is 9. The lowest BCUT2D eigenvalue weighted by atomic mass is 9.98. The highest BCUT2D eigenvalue weighted by Gasteiger charge is 2.35. The van der Waals surface area contributed by atoms with Crippen LogP contribution in [0.15, 0.2) is 35.2 Å². The largest absolute Gasteiger partial charge is 0.481 e. The summed E-state index contributed by atoms with van der Waals surface area (Å²) in [6.07, 6.45) is -2.36. The molecule has 1 aliphatic rings. The van der Waals surface area contributed by atoms with Gasteiger partial charge >= 0.3 is 12.2 Å². The second-order valence-corrected chi connectivity index (χ2v) is 9.73. The van der Waals surface area contributed by atoms with E-state index in [1.807, 2.05) is 0 Å². The molecule has 3 heterocycles. The van der Waals surface area contributed by atoms with Crippen LogP contribution < -0.4 is 20.1 Å². The van der Waals surface area contributed by atoms with Crippen LogP contribution in [-0.2, 0) is 20.9 Å². The predicted molar refractivity (Wildman–Crippen MR) is 129 cm³/mol. The Morgan fingerprint density at radius 1 is 1.32 bits per heavy atom. The SMILES string of the molecule is COc1cc(-c2cc(C(F)(F)F)nc(C(C)C)c2NC(=O)NS(=O)(=O)/C(C=N)=C2/NCCCO2)ccn1. The van der Waals surface area contributed by atoms with Crippen molar-refractivity contribution in [2.24, 2.45) is 0 Å². The van der Waals surface area contributed by atoms with Gasteiger partial charge in [0.1, 0.15) is 5.69 Å². The Labute approximate surface area is 211 Å². The maximum atomic E-state index is 13.7. The molecule has 2 aromatic heterocycles. The Hall–Kier alpha value is -3.88. The molecular weight excluding hydrogens is 517 g/mol. The lowest BCUT2D eigenvalue weighted by molar-refractivity contribution is -0.141. The molecule has 37 heavy (non-hydrogen) atoms. The highest BCUT2D eigenvalue weighted by molar-refractivity contribution is 7.94. The fourth-order valence-electron chi connectivity index (χ4n) is 3.41. The van der Waals surface area contributed by atoms with Crippen molar-refractivity contribution in [2.45, 2.75) is 32.4 Å². The average molecular weight is 543 g/mol. The van der Waals surface area contributed by atoms with Crippen molar-refractivity contribution in [3.05, 3.63) is 46.6 Å². The number of nitrogens with one attached hydrogen (secondary N) is 4. The number of carbonyl (C=O) groups excluding carboxylic acids is 1. The number of pyridine rings is 2. The molecule has 2 amide bonds. The molecule has 11 nitrogen and oxygen atoms in total. The van der Waals surface area contributed by atoms with Crippen molar-refractivity contribution in [3.63, 3.8) is 0 Å². The first-order chi connectivity index (χ1) is 17.4. The summed E-state index contributed by atoms with van der Waals surface area (Å²) in [6, 6.07) is 2.24. The van der Waals surface area contributed by atoms with Gasteiger partial charge in [-0.15, -0.1) is 0 Å². The van der Waals surface area contributed by atoms with E-state index in [2.05, 4.69) is 20.6 Å². The standard InChI is InChI=1S/C22H25F3N6O5S/c1-12(2)18-19(30-21(32)31-37(33,34)15(11-26)20-28-6-4-8-36-20)14(10-16(29-18)22(23,24)25)13-5-7-27-17(9-13)35-3/h5,7,9-12,26,28H,4,6,8H2,1-3H3,(H2,30,31,32)/b20-15-,26-11?. The summed E-state index contributed by atoms with van der Waals surface area (Å²) >= 11 is 0. The van der Waals surface area contributed by atoms with Gasteiger partial charge < -0.3 is 25.5 Å². The van der Waals surface area contributed by atoms with Crippen molar-refractivity contribution >= 4 is 28.0 Å². The lowest BCUT2D eigenvalue weighted by Gasteiger charge is -2.22. The van der Waals surface area contributed by atoms with E-state index >= 15 is 0 Å². The van der Waals surface area contributed by atoms with Crippen LogP contribution in [0.25, 0.3) is 11.1 Å². The summed E-state index contributed by atoms with van der Waals surface area (Å²) in [5, 5.41) is 12.5. The zero-order valence-corrected chi connectivity index (χ0v) is 20.9. The molecule has 15 heteroatoms. The topological polar surface area (TPSA) is 155 Å². The number of ether oxygens (including phenoxy) is 2. The third-order valence-corrected chi connectivity index (χ3v) is 6.44. The smallest absolute Gasteiger partial charge is 0.433 e. The maximum Gasteiger partial charge on any atom is 0.433 e. The summed E-state index contributed by atoms with van der Waals surface area (Å²) in [6.45, 7) is 3.77. The molecule has 3 rings (SSSR count). The van der Waals surface area contributed by atoms with Crippen LogP contribution in [0.4, 0.5) is 23.7 Å². The molecule has 2 aromatic rings. The highest BCUT2D eigenvalue weighted by Crippen LogP contribution is 2.39. The molecule has 0 saturated carbocycles. The molecule has 0 radical (unpaired) electrons. The van der Waals surface area contributed by atoms with Gasteiger partial charge in [0, 0.05) is 30.6 Å². The fourth-order valence-corrected chi connectivity index (χ4v) is 4.35. The molecule has 1 aliphatic heterocycles. The first-order valence-corrected chi connectivity index (χ1v) is 12.4. The van der Waals surface area contributed by atoms with E-state index in [1.54, 1.807) is 18.6 Å². The van der Waals surface area contributed by atoms with Gasteiger partial charge in [-0.1, -0.05) is 13.8 Å². The van der Waals surface area contributed by atoms with Crippen molar-refractivity contribution in [1.82, 2.24) is 20.0 Å². The van der Waals surface area contributed by atoms with Gasteiger partial charge in [0.25, 0.3) is 10.0 Å². The molecule has 1 saturated heterocycles. The summed E-state index contributed by atoms with van der Waals surface area (Å²) in [5.41, 5.74) is -1.34. The summed E-state index contributed by atoms with van der Waals surface area (Å²) in [7, 11) is -3.26. The number of aromatic nitrogens is 2. The number of amides is 2. The number of hydrogen-bond donors (Lipinski definition) is 4. The van der Waals surface area contributed by atoms with E-state index in [0.717, 1.165) is 6.07 Å². The van der Waals surface area contributed by atoms with Crippen LogP contribution in [0.3, 0.4) is 0 Å². The number of halogens is 3. The number of sulfonamides is 1. The highest BCUT2D eigenvalue weighted by atomic mass is 32.2. The molecule has 0 aromatic carbocycles. The van der Waals surface area contributed by atoms with Crippen LogP contribution in [0.2, 0.25) is 0 Å². The van der Waals surface area contributed by atoms with Gasteiger partial charge in [-0.25, -0.2) is 27.9 Å².